The van der Waals surface area contributed by atoms with Gasteiger partial charge in [0.25, 0.3) is 0 Å². The minimum absolute atomic E-state index is 1.09. The van der Waals surface area contributed by atoms with Crippen LogP contribution in [0.1, 0.15) is 16.7 Å². The minimum Gasteiger partial charge on any atom is -0.314 e. The van der Waals surface area contributed by atoms with Gasteiger partial charge >= 0.3 is 0 Å². The molecule has 0 saturated carbocycles. The molecule has 1 heterocycles. The molecule has 0 spiro atoms. The molecule has 3 heteroatoms. The van der Waals surface area contributed by atoms with E-state index < -0.39 is 0 Å². The van der Waals surface area contributed by atoms with Crippen LogP contribution in [0.25, 0.3) is 0 Å². The molecule has 1 aliphatic rings. The Morgan fingerprint density at radius 1 is 1.16 bits per heavy atom. The minimum atomic E-state index is 1.09. The number of rotatable bonds is 5. The van der Waals surface area contributed by atoms with Gasteiger partial charge in [0, 0.05) is 32.7 Å². The highest BCUT2D eigenvalue weighted by Gasteiger charge is 2.11. The lowest BCUT2D eigenvalue weighted by Gasteiger charge is -2.31. The Morgan fingerprint density at radius 3 is 2.58 bits per heavy atom. The number of hydrogen-bond acceptors (Lipinski definition) is 3. The van der Waals surface area contributed by atoms with Gasteiger partial charge in [0.1, 0.15) is 0 Å². The van der Waals surface area contributed by atoms with Crippen molar-refractivity contribution in [3.63, 3.8) is 0 Å². The zero-order chi connectivity index (χ0) is 13.7. The lowest BCUT2D eigenvalue weighted by molar-refractivity contribution is 0.140. The number of piperazine rings is 1. The molecule has 19 heavy (non-hydrogen) atoms. The number of hydrogen-bond donors (Lipinski definition) is 1. The van der Waals surface area contributed by atoms with E-state index in [0.717, 1.165) is 32.7 Å². The summed E-state index contributed by atoms with van der Waals surface area (Å²) in [6.45, 7) is 11.2. The average Bonchev–Trinajstić information content (AvgIpc) is 2.41. The summed E-state index contributed by atoms with van der Waals surface area (Å²) in [5, 5.41) is 3.40. The second kappa shape index (κ2) is 7.04. The zero-order valence-electron chi connectivity index (χ0n) is 12.6. The maximum Gasteiger partial charge on any atom is 0.0504 e. The van der Waals surface area contributed by atoms with Crippen LogP contribution < -0.4 is 5.32 Å². The second-order valence-corrected chi connectivity index (χ2v) is 5.76. The molecule has 0 atom stereocenters. The summed E-state index contributed by atoms with van der Waals surface area (Å²) < 4.78 is 0. The van der Waals surface area contributed by atoms with Gasteiger partial charge in [0.15, 0.2) is 0 Å². The van der Waals surface area contributed by atoms with E-state index in [1.807, 2.05) is 0 Å². The molecule has 0 amide bonds. The van der Waals surface area contributed by atoms with Crippen molar-refractivity contribution in [2.75, 3.05) is 46.4 Å². The molecule has 1 fully saturated rings. The molecule has 0 bridgehead atoms. The Labute approximate surface area is 117 Å². The summed E-state index contributed by atoms with van der Waals surface area (Å²) >= 11 is 0. The van der Waals surface area contributed by atoms with Gasteiger partial charge in [-0.15, -0.1) is 0 Å². The topological polar surface area (TPSA) is 18.5 Å². The standard InChI is InChI=1S/C16H27N3/c1-14-4-5-16(12-15(14)2)6-9-18(3)13-19-10-7-17-8-11-19/h4-5,12,17H,6-11,13H2,1-3H3. The average molecular weight is 261 g/mol. The zero-order valence-corrected chi connectivity index (χ0v) is 12.6. The van der Waals surface area contributed by atoms with Crippen molar-refractivity contribution in [3.05, 3.63) is 34.9 Å². The molecule has 2 rings (SSSR count). The third kappa shape index (κ3) is 4.60. The predicted octanol–water partition coefficient (Wildman–Crippen LogP) is 1.64. The van der Waals surface area contributed by atoms with Gasteiger partial charge in [-0.1, -0.05) is 18.2 Å². The Bertz CT molecular complexity index is 397. The Balaban J connectivity index is 1.75. The van der Waals surface area contributed by atoms with Crippen molar-refractivity contribution in [2.45, 2.75) is 20.3 Å². The first-order chi connectivity index (χ1) is 9.15. The highest BCUT2D eigenvalue weighted by Crippen LogP contribution is 2.10. The second-order valence-electron chi connectivity index (χ2n) is 5.76. The molecule has 0 aromatic heterocycles. The van der Waals surface area contributed by atoms with E-state index in [4.69, 9.17) is 0 Å². The van der Waals surface area contributed by atoms with Crippen molar-refractivity contribution < 1.29 is 0 Å². The Hall–Kier alpha value is -0.900. The third-order valence-corrected chi connectivity index (χ3v) is 4.00. The Kier molecular flexibility index (Phi) is 5.37. The lowest BCUT2D eigenvalue weighted by Crippen LogP contribution is -2.47. The van der Waals surface area contributed by atoms with Crippen LogP contribution in [0.3, 0.4) is 0 Å². The van der Waals surface area contributed by atoms with Crippen molar-refractivity contribution in [1.29, 1.82) is 0 Å². The van der Waals surface area contributed by atoms with Gasteiger partial charge < -0.3 is 5.32 Å². The van der Waals surface area contributed by atoms with Gasteiger partial charge in [-0.3, -0.25) is 9.80 Å². The molecule has 1 saturated heterocycles. The molecule has 1 N–H and O–H groups in total. The normalized spacial score (nSPS) is 17.1. The summed E-state index contributed by atoms with van der Waals surface area (Å²) in [6.07, 6.45) is 1.14. The maximum absolute atomic E-state index is 3.40. The number of nitrogens with one attached hydrogen (secondary N) is 1. The van der Waals surface area contributed by atoms with Crippen LogP contribution in [0.15, 0.2) is 18.2 Å². The molecule has 1 aromatic rings. The van der Waals surface area contributed by atoms with Crippen LogP contribution in [0.5, 0.6) is 0 Å². The highest BCUT2D eigenvalue weighted by molar-refractivity contribution is 5.30. The fourth-order valence-corrected chi connectivity index (χ4v) is 2.54. The molecular weight excluding hydrogens is 234 g/mol. The molecule has 3 nitrogen and oxygen atoms in total. The highest BCUT2D eigenvalue weighted by atomic mass is 15.3. The van der Waals surface area contributed by atoms with Crippen molar-refractivity contribution >= 4 is 0 Å². The fourth-order valence-electron chi connectivity index (χ4n) is 2.54. The van der Waals surface area contributed by atoms with Crippen LogP contribution in [0.2, 0.25) is 0 Å². The first kappa shape index (κ1) is 14.5. The first-order valence-electron chi connectivity index (χ1n) is 7.33. The monoisotopic (exact) mass is 261 g/mol. The summed E-state index contributed by atoms with van der Waals surface area (Å²) in [7, 11) is 2.23. The SMILES string of the molecule is Cc1ccc(CCN(C)CN2CCNCC2)cc1C. The maximum atomic E-state index is 3.40. The van der Waals surface area contributed by atoms with Gasteiger partial charge in [-0.05, 0) is 44.0 Å². The van der Waals surface area contributed by atoms with Crippen LogP contribution in [-0.4, -0.2) is 56.2 Å². The van der Waals surface area contributed by atoms with Crippen LogP contribution in [-0.2, 0) is 6.42 Å². The van der Waals surface area contributed by atoms with E-state index in [1.165, 1.54) is 29.8 Å². The summed E-state index contributed by atoms with van der Waals surface area (Å²) in [5.74, 6) is 0. The molecule has 106 valence electrons. The lowest BCUT2D eigenvalue weighted by atomic mass is 10.0. The predicted molar refractivity (Wildman–Crippen MR) is 81.6 cm³/mol. The van der Waals surface area contributed by atoms with Crippen molar-refractivity contribution in [3.8, 4) is 0 Å². The van der Waals surface area contributed by atoms with Crippen molar-refractivity contribution in [1.82, 2.24) is 15.1 Å². The summed E-state index contributed by atoms with van der Waals surface area (Å²) in [5.41, 5.74) is 4.25. The fraction of sp³-hybridized carbons (Fsp3) is 0.625. The summed E-state index contributed by atoms with van der Waals surface area (Å²) in [4.78, 5) is 4.96. The van der Waals surface area contributed by atoms with Gasteiger partial charge in [0.2, 0.25) is 0 Å². The van der Waals surface area contributed by atoms with Gasteiger partial charge in [-0.2, -0.15) is 0 Å². The van der Waals surface area contributed by atoms with Crippen LogP contribution in [0, 0.1) is 13.8 Å². The van der Waals surface area contributed by atoms with Gasteiger partial charge in [0.05, 0.1) is 6.67 Å². The summed E-state index contributed by atoms with van der Waals surface area (Å²) in [6, 6.07) is 6.83. The number of likely N-dealkylation sites (N-methyl/N-ethyl adjacent to an activating group) is 1. The number of nitrogens with zero attached hydrogens (tertiary/aromatic N) is 2. The molecular formula is C16H27N3. The molecule has 1 aliphatic heterocycles. The van der Waals surface area contributed by atoms with Crippen molar-refractivity contribution in [2.24, 2.45) is 0 Å². The third-order valence-electron chi connectivity index (χ3n) is 4.00. The molecule has 1 aromatic carbocycles. The van der Waals surface area contributed by atoms with E-state index in [1.54, 1.807) is 0 Å². The van der Waals surface area contributed by atoms with Crippen LogP contribution in [0.4, 0.5) is 0 Å². The first-order valence-corrected chi connectivity index (χ1v) is 7.33. The van der Waals surface area contributed by atoms with Gasteiger partial charge in [-0.25, -0.2) is 0 Å². The van der Waals surface area contributed by atoms with E-state index in [9.17, 15) is 0 Å². The van der Waals surface area contributed by atoms with E-state index >= 15 is 0 Å². The van der Waals surface area contributed by atoms with Crippen LogP contribution >= 0.6 is 0 Å². The largest absolute Gasteiger partial charge is 0.314 e. The van der Waals surface area contributed by atoms with E-state index in [0.29, 0.717) is 0 Å². The van der Waals surface area contributed by atoms with E-state index in [-0.39, 0.29) is 0 Å². The van der Waals surface area contributed by atoms with E-state index in [2.05, 4.69) is 54.2 Å². The molecule has 0 aliphatic carbocycles. The molecule has 0 unspecified atom stereocenters. The number of aryl methyl sites for hydroxylation is 2. The number of benzene rings is 1. The smallest absolute Gasteiger partial charge is 0.0504 e. The Morgan fingerprint density at radius 2 is 1.89 bits per heavy atom. The quantitative estimate of drug-likeness (QED) is 0.869. The molecule has 0 radical (unpaired) electrons.